The van der Waals surface area contributed by atoms with E-state index in [0.29, 0.717) is 13.0 Å². The summed E-state index contributed by atoms with van der Waals surface area (Å²) in [6, 6.07) is -4.11. The quantitative estimate of drug-likeness (QED) is 0.254. The summed E-state index contributed by atoms with van der Waals surface area (Å²) in [4.78, 5) is 79.9. The molecule has 4 fully saturated rings. The van der Waals surface area contributed by atoms with E-state index in [4.69, 9.17) is 5.73 Å². The summed E-state index contributed by atoms with van der Waals surface area (Å²) in [5.41, 5.74) is 4.40. The Bertz CT molecular complexity index is 1140. The van der Waals surface area contributed by atoms with E-state index in [1.807, 2.05) is 34.6 Å². The summed E-state index contributed by atoms with van der Waals surface area (Å²) in [5, 5.41) is 8.41. The van der Waals surface area contributed by atoms with E-state index < -0.39 is 59.1 Å². The third-order valence-corrected chi connectivity index (χ3v) is 10.1. The molecule has 11 nitrogen and oxygen atoms in total. The predicted molar refractivity (Wildman–Crippen MR) is 156 cm³/mol. The predicted octanol–water partition coefficient (Wildman–Crippen LogP) is 1.92. The number of hydrogen-bond donors (Lipinski definition) is 4. The number of carbonyl (C=O) groups excluding carboxylic acids is 6. The summed E-state index contributed by atoms with van der Waals surface area (Å²) in [6.07, 6.45) is 4.87. The van der Waals surface area contributed by atoms with E-state index in [9.17, 15) is 28.8 Å². The van der Waals surface area contributed by atoms with E-state index in [-0.39, 0.29) is 40.8 Å². The van der Waals surface area contributed by atoms with E-state index in [1.54, 1.807) is 0 Å². The van der Waals surface area contributed by atoms with Gasteiger partial charge in [-0.1, -0.05) is 67.7 Å². The number of nitrogens with zero attached hydrogens (tertiary/aromatic N) is 1. The van der Waals surface area contributed by atoms with Crippen LogP contribution in [0, 0.1) is 40.4 Å². The molecule has 0 aromatic carbocycles. The smallest absolute Gasteiger partial charge is 0.316 e. The Balaban J connectivity index is 1.51. The summed E-state index contributed by atoms with van der Waals surface area (Å²) >= 11 is 0. The average Bonchev–Trinajstić information content (AvgIpc) is 3.69. The number of ketones is 2. The van der Waals surface area contributed by atoms with Gasteiger partial charge in [0.05, 0.1) is 12.1 Å². The molecule has 11 heteroatoms. The molecular formula is C31H49N5O6. The number of rotatable bonds is 12. The van der Waals surface area contributed by atoms with E-state index in [1.165, 1.54) is 4.90 Å². The molecule has 234 valence electrons. The van der Waals surface area contributed by atoms with Gasteiger partial charge in [0.15, 0.2) is 5.78 Å². The molecule has 5 amide bonds. The number of Topliss-reactive ketones (excluding diaryl/α,β-unsaturated/α-hetero) is 2. The number of urea groups is 1. The number of fused-ring (bicyclic) bond motifs is 1. The maximum Gasteiger partial charge on any atom is 0.316 e. The molecule has 0 spiro atoms. The van der Waals surface area contributed by atoms with Crippen molar-refractivity contribution in [2.75, 3.05) is 6.54 Å². The minimum Gasteiger partial charge on any atom is -0.363 e. The second-order valence-corrected chi connectivity index (χ2v) is 15.0. The van der Waals surface area contributed by atoms with Crippen molar-refractivity contribution in [2.45, 2.75) is 111 Å². The fraction of sp³-hybridized carbons (Fsp3) is 0.806. The van der Waals surface area contributed by atoms with Crippen molar-refractivity contribution < 1.29 is 28.8 Å². The van der Waals surface area contributed by atoms with Crippen molar-refractivity contribution in [1.82, 2.24) is 20.9 Å². The van der Waals surface area contributed by atoms with Crippen LogP contribution in [0.5, 0.6) is 0 Å². The lowest BCUT2D eigenvalue weighted by atomic mass is 9.78. The van der Waals surface area contributed by atoms with Crippen molar-refractivity contribution in [2.24, 2.45) is 46.2 Å². The van der Waals surface area contributed by atoms with Gasteiger partial charge in [0.25, 0.3) is 5.91 Å². The third-order valence-electron chi connectivity index (χ3n) is 10.1. The largest absolute Gasteiger partial charge is 0.363 e. The van der Waals surface area contributed by atoms with Gasteiger partial charge in [-0.2, -0.15) is 0 Å². The van der Waals surface area contributed by atoms with Gasteiger partial charge in [-0.25, -0.2) is 4.79 Å². The lowest BCUT2D eigenvalue weighted by Gasteiger charge is -2.38. The highest BCUT2D eigenvalue weighted by Gasteiger charge is 2.70. The molecule has 0 aromatic rings. The lowest BCUT2D eigenvalue weighted by Crippen LogP contribution is -2.62. The molecule has 5 N–H and O–H groups in total. The molecule has 3 saturated carbocycles. The van der Waals surface area contributed by atoms with Crippen molar-refractivity contribution in [3.8, 4) is 0 Å². The Morgan fingerprint density at radius 2 is 1.57 bits per heavy atom. The number of nitrogens with one attached hydrogen (secondary N) is 3. The van der Waals surface area contributed by atoms with Crippen LogP contribution in [0.2, 0.25) is 0 Å². The highest BCUT2D eigenvalue weighted by molar-refractivity contribution is 6.37. The molecule has 3 aliphatic carbocycles. The molecule has 1 aliphatic heterocycles. The molecular weight excluding hydrogens is 538 g/mol. The highest BCUT2D eigenvalue weighted by Crippen LogP contribution is 2.65. The first kappa shape index (κ1) is 31.9. The minimum atomic E-state index is -1.09. The normalized spacial score (nSPS) is 26.8. The Hall–Kier alpha value is -2.98. The number of carbonyl (C=O) groups is 6. The second kappa shape index (κ2) is 11.6. The summed E-state index contributed by atoms with van der Waals surface area (Å²) in [5.74, 6) is -2.71. The minimum absolute atomic E-state index is 0.0230. The summed E-state index contributed by atoms with van der Waals surface area (Å²) in [6.45, 7) is 13.7. The molecule has 0 bridgehead atoms. The highest BCUT2D eigenvalue weighted by atomic mass is 16.2. The monoisotopic (exact) mass is 587 g/mol. The van der Waals surface area contributed by atoms with E-state index >= 15 is 0 Å². The summed E-state index contributed by atoms with van der Waals surface area (Å²) < 4.78 is 0. The van der Waals surface area contributed by atoms with E-state index in [2.05, 4.69) is 29.8 Å². The standard InChI is InChI=1S/C31H49N5O6/c1-15(2)21(23(37)17-9-8-10-17)34-29(42)35-25(30(3,4)5)28(41)36-14-18-20(31(18,6)7)22(36)27(40)33-19(13-16-11-12-16)24(38)26(32)39/h15-22,25H,8-14H2,1-7H3,(H2,32,39)(H,33,40)(H2,34,35,42)/t18-,19?,20-,21-,22-,25+/m0/s1. The van der Waals surface area contributed by atoms with Gasteiger partial charge in [-0.3, -0.25) is 24.0 Å². The first-order valence-electron chi connectivity index (χ1n) is 15.5. The zero-order valence-corrected chi connectivity index (χ0v) is 26.1. The van der Waals surface area contributed by atoms with Crippen molar-refractivity contribution in [3.05, 3.63) is 0 Å². The van der Waals surface area contributed by atoms with Crippen LogP contribution in [0.15, 0.2) is 0 Å². The van der Waals surface area contributed by atoms with Crippen LogP contribution >= 0.6 is 0 Å². The molecule has 42 heavy (non-hydrogen) atoms. The number of piperidine rings is 1. The summed E-state index contributed by atoms with van der Waals surface area (Å²) in [7, 11) is 0. The van der Waals surface area contributed by atoms with Crippen LogP contribution in [0.4, 0.5) is 4.79 Å². The average molecular weight is 588 g/mol. The van der Waals surface area contributed by atoms with Crippen molar-refractivity contribution in [1.29, 1.82) is 0 Å². The van der Waals surface area contributed by atoms with Crippen LogP contribution < -0.4 is 21.7 Å². The number of hydrogen-bond acceptors (Lipinski definition) is 6. The van der Waals surface area contributed by atoms with E-state index in [0.717, 1.165) is 32.1 Å². The van der Waals surface area contributed by atoms with Crippen LogP contribution in [0.1, 0.15) is 87.0 Å². The molecule has 1 heterocycles. The van der Waals surface area contributed by atoms with Crippen LogP contribution in [-0.4, -0.2) is 70.9 Å². The van der Waals surface area contributed by atoms with Gasteiger partial charge >= 0.3 is 6.03 Å². The van der Waals surface area contributed by atoms with Gasteiger partial charge in [-0.15, -0.1) is 0 Å². The molecule has 1 saturated heterocycles. The second-order valence-electron chi connectivity index (χ2n) is 15.0. The van der Waals surface area contributed by atoms with Crippen LogP contribution in [0.3, 0.4) is 0 Å². The first-order chi connectivity index (χ1) is 19.4. The lowest BCUT2D eigenvalue weighted by molar-refractivity contribution is -0.145. The fourth-order valence-corrected chi connectivity index (χ4v) is 6.80. The van der Waals surface area contributed by atoms with Gasteiger partial charge in [0.1, 0.15) is 12.1 Å². The Morgan fingerprint density at radius 1 is 0.952 bits per heavy atom. The molecule has 0 aromatic heterocycles. The van der Waals surface area contributed by atoms with Crippen molar-refractivity contribution >= 4 is 35.3 Å². The Morgan fingerprint density at radius 3 is 2.05 bits per heavy atom. The van der Waals surface area contributed by atoms with Crippen LogP contribution in [0.25, 0.3) is 0 Å². The fourth-order valence-electron chi connectivity index (χ4n) is 6.80. The Kier molecular flexibility index (Phi) is 8.82. The van der Waals surface area contributed by atoms with Crippen LogP contribution in [-0.2, 0) is 24.0 Å². The zero-order chi connectivity index (χ0) is 31.3. The van der Waals surface area contributed by atoms with Gasteiger partial charge in [-0.05, 0) is 53.8 Å². The zero-order valence-electron chi connectivity index (χ0n) is 26.1. The maximum atomic E-state index is 14.1. The van der Waals surface area contributed by atoms with Gasteiger partial charge in [0, 0.05) is 12.5 Å². The van der Waals surface area contributed by atoms with Gasteiger partial charge in [0.2, 0.25) is 17.6 Å². The maximum absolute atomic E-state index is 14.1. The molecule has 1 unspecified atom stereocenters. The van der Waals surface area contributed by atoms with Gasteiger partial charge < -0.3 is 26.6 Å². The Labute approximate surface area is 248 Å². The third kappa shape index (κ3) is 6.49. The molecule has 4 aliphatic rings. The topological polar surface area (TPSA) is 168 Å². The molecule has 6 atom stereocenters. The number of primary amides is 1. The molecule has 4 rings (SSSR count). The van der Waals surface area contributed by atoms with Crippen molar-refractivity contribution in [3.63, 3.8) is 0 Å². The SMILES string of the molecule is CC(C)[C@H](NC(=O)N[C@H](C(=O)N1C[C@H]2[C@@H]([C@H]1C(=O)NC(CC1CC1)C(=O)C(N)=O)C2(C)C)C(C)(C)C)C(=O)C1CCC1. The number of nitrogens with two attached hydrogens (primary N) is 1. The number of amides is 5. The number of likely N-dealkylation sites (tertiary alicyclic amines) is 1. The first-order valence-corrected chi connectivity index (χ1v) is 15.5. The molecule has 0 radical (unpaired) electrons.